The van der Waals surface area contributed by atoms with Gasteiger partial charge in [-0.2, -0.15) is 4.98 Å². The molecule has 5 rings (SSSR count). The molecule has 176 valence electrons. The maximum absolute atomic E-state index is 14.9. The predicted octanol–water partition coefficient (Wildman–Crippen LogP) is 3.73. The number of nitrogens with one attached hydrogen (secondary N) is 2. The third-order valence-corrected chi connectivity index (χ3v) is 5.96. The van der Waals surface area contributed by atoms with Crippen LogP contribution in [0.4, 0.5) is 20.4 Å². The zero-order chi connectivity index (χ0) is 24.0. The van der Waals surface area contributed by atoms with Gasteiger partial charge in [0.1, 0.15) is 11.1 Å². The van der Waals surface area contributed by atoms with Crippen molar-refractivity contribution in [3.8, 4) is 5.82 Å². The highest BCUT2D eigenvalue weighted by molar-refractivity contribution is 5.77. The fourth-order valence-corrected chi connectivity index (χ4v) is 4.19. The fourth-order valence-electron chi connectivity index (χ4n) is 4.19. The molecule has 0 atom stereocenters. The summed E-state index contributed by atoms with van der Waals surface area (Å²) in [5, 5.41) is 6.74. The van der Waals surface area contributed by atoms with Crippen LogP contribution in [0.25, 0.3) is 16.9 Å². The summed E-state index contributed by atoms with van der Waals surface area (Å²) in [5.74, 6) is -0.635. The summed E-state index contributed by atoms with van der Waals surface area (Å²) in [4.78, 5) is 26.0. The lowest BCUT2D eigenvalue weighted by Gasteiger charge is -2.18. The molecule has 0 amide bonds. The average Bonchev–Trinajstić information content (AvgIpc) is 3.09. The molecule has 1 aliphatic heterocycles. The van der Waals surface area contributed by atoms with Gasteiger partial charge < -0.3 is 10.6 Å². The Labute approximate surface area is 194 Å². The molecule has 3 aromatic heterocycles. The highest BCUT2D eigenvalue weighted by Crippen LogP contribution is 2.26. The van der Waals surface area contributed by atoms with E-state index in [1.54, 1.807) is 6.92 Å². The second-order valence-electron chi connectivity index (χ2n) is 8.77. The number of pyridine rings is 1. The Hall–Kier alpha value is -3.66. The Morgan fingerprint density at radius 3 is 2.76 bits per heavy atom. The first-order chi connectivity index (χ1) is 16.3. The first-order valence-electron chi connectivity index (χ1n) is 11.2. The lowest BCUT2D eigenvalue weighted by molar-refractivity contribution is 0.213. The standard InChI is InChI=1S/C24H25F2N7O/c1-4-32-22(34)17-13-28-23(29-16-6-5-14-9-10-27-12-15(14)11-16)31-20(17)33(32)21-18(25)7-8-19(30-21)24(2,3)26/h5-8,11,13,27H,4,9-10,12H2,1-3H3,(H,28,29,31). The summed E-state index contributed by atoms with van der Waals surface area (Å²) < 4.78 is 32.1. The molecule has 0 unspecified atom stereocenters. The molecule has 1 aliphatic rings. The minimum atomic E-state index is -1.79. The minimum absolute atomic E-state index is 0.0518. The smallest absolute Gasteiger partial charge is 0.278 e. The molecule has 0 aliphatic carbocycles. The summed E-state index contributed by atoms with van der Waals surface area (Å²) in [6.45, 7) is 6.42. The van der Waals surface area contributed by atoms with Crippen molar-refractivity contribution < 1.29 is 8.78 Å². The van der Waals surface area contributed by atoms with Crippen LogP contribution in [0.1, 0.15) is 37.6 Å². The molecule has 0 radical (unpaired) electrons. The third kappa shape index (κ3) is 3.83. The molecule has 0 saturated carbocycles. The number of aromatic nitrogens is 5. The lowest BCUT2D eigenvalue weighted by Crippen LogP contribution is -2.23. The zero-order valence-electron chi connectivity index (χ0n) is 19.2. The maximum Gasteiger partial charge on any atom is 0.278 e. The summed E-state index contributed by atoms with van der Waals surface area (Å²) in [6, 6.07) is 8.51. The van der Waals surface area contributed by atoms with Gasteiger partial charge in [0.15, 0.2) is 17.3 Å². The lowest BCUT2D eigenvalue weighted by atomic mass is 10.0. The number of hydrogen-bond donors (Lipinski definition) is 2. The van der Waals surface area contributed by atoms with Crippen molar-refractivity contribution in [2.24, 2.45) is 0 Å². The normalized spacial score (nSPS) is 13.8. The van der Waals surface area contributed by atoms with Crippen LogP contribution in [0.3, 0.4) is 0 Å². The van der Waals surface area contributed by atoms with Gasteiger partial charge in [-0.25, -0.2) is 28.1 Å². The molecule has 4 heterocycles. The monoisotopic (exact) mass is 465 g/mol. The Morgan fingerprint density at radius 1 is 1.18 bits per heavy atom. The van der Waals surface area contributed by atoms with Crippen molar-refractivity contribution >= 4 is 22.7 Å². The Kier molecular flexibility index (Phi) is 5.40. The van der Waals surface area contributed by atoms with Gasteiger partial charge >= 0.3 is 0 Å². The van der Waals surface area contributed by atoms with Gasteiger partial charge in [-0.15, -0.1) is 0 Å². The average molecular weight is 466 g/mol. The van der Waals surface area contributed by atoms with E-state index >= 15 is 0 Å². The van der Waals surface area contributed by atoms with E-state index in [4.69, 9.17) is 0 Å². The number of anilines is 2. The van der Waals surface area contributed by atoms with Gasteiger partial charge in [0.05, 0.1) is 5.69 Å². The second-order valence-corrected chi connectivity index (χ2v) is 8.77. The molecule has 0 spiro atoms. The van der Waals surface area contributed by atoms with Gasteiger partial charge in [0, 0.05) is 25.0 Å². The van der Waals surface area contributed by atoms with E-state index in [1.165, 1.54) is 46.6 Å². The highest BCUT2D eigenvalue weighted by Gasteiger charge is 2.25. The zero-order valence-corrected chi connectivity index (χ0v) is 19.2. The summed E-state index contributed by atoms with van der Waals surface area (Å²) in [7, 11) is 0. The molecule has 4 aromatic rings. The van der Waals surface area contributed by atoms with Crippen molar-refractivity contribution in [2.75, 3.05) is 11.9 Å². The van der Waals surface area contributed by atoms with Crippen molar-refractivity contribution in [3.05, 3.63) is 69.5 Å². The number of nitrogens with zero attached hydrogens (tertiary/aromatic N) is 5. The first kappa shape index (κ1) is 22.1. The molecule has 8 nitrogen and oxygen atoms in total. The summed E-state index contributed by atoms with van der Waals surface area (Å²) in [5.41, 5.74) is 1.37. The van der Waals surface area contributed by atoms with Gasteiger partial charge in [0.25, 0.3) is 5.56 Å². The number of alkyl halides is 1. The Bertz CT molecular complexity index is 1450. The van der Waals surface area contributed by atoms with E-state index in [0.29, 0.717) is 0 Å². The molecule has 2 N–H and O–H groups in total. The molecule has 34 heavy (non-hydrogen) atoms. The summed E-state index contributed by atoms with van der Waals surface area (Å²) in [6.07, 6.45) is 2.39. The predicted molar refractivity (Wildman–Crippen MR) is 126 cm³/mol. The minimum Gasteiger partial charge on any atom is -0.324 e. The molecule has 10 heteroatoms. The van der Waals surface area contributed by atoms with E-state index in [9.17, 15) is 13.6 Å². The maximum atomic E-state index is 14.9. The molecule has 0 saturated heterocycles. The van der Waals surface area contributed by atoms with Gasteiger partial charge in [-0.05, 0) is 69.1 Å². The number of fused-ring (bicyclic) bond motifs is 2. The first-order valence-corrected chi connectivity index (χ1v) is 11.2. The third-order valence-electron chi connectivity index (χ3n) is 5.96. The van der Waals surface area contributed by atoms with Crippen LogP contribution in [-0.2, 0) is 25.2 Å². The molecule has 1 aromatic carbocycles. The summed E-state index contributed by atoms with van der Waals surface area (Å²) >= 11 is 0. The number of rotatable bonds is 5. The molecular formula is C24H25F2N7O. The van der Waals surface area contributed by atoms with Crippen LogP contribution in [0.5, 0.6) is 0 Å². The molecule has 0 fully saturated rings. The van der Waals surface area contributed by atoms with Crippen LogP contribution < -0.4 is 16.2 Å². The largest absolute Gasteiger partial charge is 0.324 e. The Balaban J connectivity index is 1.63. The topological polar surface area (TPSA) is 89.7 Å². The van der Waals surface area contributed by atoms with Crippen molar-refractivity contribution in [1.29, 1.82) is 0 Å². The highest BCUT2D eigenvalue weighted by atomic mass is 19.1. The van der Waals surface area contributed by atoms with Crippen molar-refractivity contribution in [2.45, 2.75) is 46.0 Å². The quantitative estimate of drug-likeness (QED) is 0.467. The second kappa shape index (κ2) is 8.28. The van der Waals surface area contributed by atoms with Crippen LogP contribution in [-0.4, -0.2) is 30.9 Å². The number of benzene rings is 1. The fraction of sp³-hybridized carbons (Fsp3) is 0.333. The van der Waals surface area contributed by atoms with E-state index < -0.39 is 11.5 Å². The van der Waals surface area contributed by atoms with E-state index in [1.807, 2.05) is 12.1 Å². The van der Waals surface area contributed by atoms with Crippen LogP contribution in [0.15, 0.2) is 41.3 Å². The van der Waals surface area contributed by atoms with Crippen LogP contribution in [0.2, 0.25) is 0 Å². The number of halogens is 2. The molecule has 0 bridgehead atoms. The van der Waals surface area contributed by atoms with Gasteiger partial charge in [0.2, 0.25) is 5.95 Å². The molecular weight excluding hydrogens is 440 g/mol. The van der Waals surface area contributed by atoms with Crippen LogP contribution in [0, 0.1) is 5.82 Å². The van der Waals surface area contributed by atoms with Gasteiger partial charge in [-0.1, -0.05) is 6.07 Å². The van der Waals surface area contributed by atoms with Crippen molar-refractivity contribution in [3.63, 3.8) is 0 Å². The van der Waals surface area contributed by atoms with E-state index in [2.05, 4.69) is 31.7 Å². The van der Waals surface area contributed by atoms with Gasteiger partial charge in [-0.3, -0.25) is 4.79 Å². The van der Waals surface area contributed by atoms with E-state index in [-0.39, 0.29) is 40.6 Å². The number of hydrogen-bond acceptors (Lipinski definition) is 6. The SMILES string of the molecule is CCn1c(=O)c2cnc(Nc3ccc4c(c3)CNCC4)nc2n1-c1nc(C(C)(C)F)ccc1F. The Morgan fingerprint density at radius 2 is 2.00 bits per heavy atom. The van der Waals surface area contributed by atoms with Crippen LogP contribution >= 0.6 is 0 Å². The van der Waals surface area contributed by atoms with E-state index in [0.717, 1.165) is 31.3 Å². The van der Waals surface area contributed by atoms with Crippen molar-refractivity contribution in [1.82, 2.24) is 29.6 Å².